The second-order valence-electron chi connectivity index (χ2n) is 7.16. The van der Waals surface area contributed by atoms with Crippen molar-refractivity contribution in [3.63, 3.8) is 0 Å². The van der Waals surface area contributed by atoms with E-state index in [-0.39, 0.29) is 22.9 Å². The third-order valence-corrected chi connectivity index (χ3v) is 6.06. The molecule has 2 aromatic carbocycles. The zero-order chi connectivity index (χ0) is 19.5. The Morgan fingerprint density at radius 2 is 1.74 bits per heavy atom. The van der Waals surface area contributed by atoms with Gasteiger partial charge in [0.25, 0.3) is 5.91 Å². The third kappa shape index (κ3) is 3.05. The van der Waals surface area contributed by atoms with Gasteiger partial charge in [-0.15, -0.1) is 0 Å². The number of nitrogens with zero attached hydrogens (tertiary/aromatic N) is 1. The van der Waals surface area contributed by atoms with E-state index in [9.17, 15) is 9.59 Å². The Labute approximate surface area is 173 Å². The minimum atomic E-state index is -0.375. The van der Waals surface area contributed by atoms with E-state index in [2.05, 4.69) is 54.7 Å². The summed E-state index contributed by atoms with van der Waals surface area (Å²) < 4.78 is 3.87. The summed E-state index contributed by atoms with van der Waals surface area (Å²) in [7, 11) is 0. The highest BCUT2D eigenvalue weighted by atomic mass is 79.9. The number of anilines is 1. The molecule has 3 aromatic rings. The zero-order valence-electron chi connectivity index (χ0n) is 15.2. The van der Waals surface area contributed by atoms with Gasteiger partial charge in [0.05, 0.1) is 5.52 Å². The third-order valence-electron chi connectivity index (χ3n) is 5.14. The highest BCUT2D eigenvalue weighted by Crippen LogP contribution is 2.34. The van der Waals surface area contributed by atoms with Crippen LogP contribution in [0.5, 0.6) is 0 Å². The number of carbonyl (C=O) groups excluding carboxylic acids is 1. The van der Waals surface area contributed by atoms with E-state index in [1.165, 1.54) is 0 Å². The molecule has 1 atom stereocenters. The fourth-order valence-corrected chi connectivity index (χ4v) is 5.10. The number of hydrogen-bond donors (Lipinski definition) is 1. The number of hydrogen-bond acceptors (Lipinski definition) is 2. The van der Waals surface area contributed by atoms with Crippen molar-refractivity contribution in [2.24, 2.45) is 0 Å². The van der Waals surface area contributed by atoms with Crippen molar-refractivity contribution in [3.05, 3.63) is 71.9 Å². The summed E-state index contributed by atoms with van der Waals surface area (Å²) in [6, 6.07) is 7.96. The van der Waals surface area contributed by atoms with Gasteiger partial charge < -0.3 is 9.88 Å². The monoisotopic (exact) mass is 488 g/mol. The van der Waals surface area contributed by atoms with Crippen LogP contribution in [0.3, 0.4) is 0 Å². The van der Waals surface area contributed by atoms with E-state index in [1.54, 1.807) is 6.20 Å². The van der Waals surface area contributed by atoms with Crippen molar-refractivity contribution < 1.29 is 4.79 Å². The molecule has 138 valence electrons. The lowest BCUT2D eigenvalue weighted by molar-refractivity contribution is 0.102. The van der Waals surface area contributed by atoms with Crippen molar-refractivity contribution in [1.29, 1.82) is 0 Å². The van der Waals surface area contributed by atoms with Crippen LogP contribution < -0.4 is 10.7 Å². The maximum atomic E-state index is 13.1. The largest absolute Gasteiger partial charge is 0.343 e. The van der Waals surface area contributed by atoms with Gasteiger partial charge in [0.2, 0.25) is 5.43 Å². The lowest BCUT2D eigenvalue weighted by atomic mass is 10.1. The maximum absolute atomic E-state index is 13.1. The predicted octanol–water partition coefficient (Wildman–Crippen LogP) is 5.51. The van der Waals surface area contributed by atoms with Crippen molar-refractivity contribution in [1.82, 2.24) is 4.57 Å². The minimum Gasteiger partial charge on any atom is -0.343 e. The number of halogens is 2. The fourth-order valence-electron chi connectivity index (χ4n) is 3.91. The number of aryl methyl sites for hydroxylation is 2. The Morgan fingerprint density at radius 3 is 2.41 bits per heavy atom. The minimum absolute atomic E-state index is 0.169. The molecular weight excluding hydrogens is 472 g/mol. The molecule has 0 unspecified atom stereocenters. The topological polar surface area (TPSA) is 51.1 Å². The van der Waals surface area contributed by atoms with Gasteiger partial charge in [-0.2, -0.15) is 0 Å². The first kappa shape index (κ1) is 18.4. The van der Waals surface area contributed by atoms with E-state index >= 15 is 0 Å². The maximum Gasteiger partial charge on any atom is 0.261 e. The van der Waals surface area contributed by atoms with Gasteiger partial charge in [-0.25, -0.2) is 0 Å². The van der Waals surface area contributed by atoms with Crippen LogP contribution in [0.2, 0.25) is 0 Å². The fraction of sp³-hybridized carbons (Fsp3) is 0.238. The molecule has 1 aliphatic rings. The Balaban J connectivity index is 1.85. The second kappa shape index (κ2) is 6.60. The first-order valence-electron chi connectivity index (χ1n) is 8.71. The average Bonchev–Trinajstić information content (AvgIpc) is 2.89. The molecular formula is C21H18Br2N2O2. The number of nitrogens with one attached hydrogen (secondary N) is 1. The predicted molar refractivity (Wildman–Crippen MR) is 116 cm³/mol. The van der Waals surface area contributed by atoms with Crippen LogP contribution in [0.25, 0.3) is 10.9 Å². The summed E-state index contributed by atoms with van der Waals surface area (Å²) in [6.45, 7) is 5.97. The van der Waals surface area contributed by atoms with Gasteiger partial charge in [0.15, 0.2) is 0 Å². The standard InChI is InChI=1S/C21H18Br2N2O2/c1-10-4-14(22)5-11(2)18(10)24-21(27)17-9-25-12(3)6-13-7-15(23)8-16(19(13)25)20(17)26/h4-5,7-9,12H,6H2,1-3H3,(H,24,27)/t12-/m0/s1. The van der Waals surface area contributed by atoms with Gasteiger partial charge in [-0.05, 0) is 68.1 Å². The molecule has 1 amide bonds. The molecule has 6 heteroatoms. The van der Waals surface area contributed by atoms with Crippen molar-refractivity contribution >= 4 is 54.4 Å². The first-order valence-corrected chi connectivity index (χ1v) is 10.3. The summed E-state index contributed by atoms with van der Waals surface area (Å²) in [6.07, 6.45) is 2.56. The van der Waals surface area contributed by atoms with E-state index in [4.69, 9.17) is 0 Å². The molecule has 4 rings (SSSR count). The van der Waals surface area contributed by atoms with Crippen LogP contribution in [-0.4, -0.2) is 10.5 Å². The molecule has 0 aliphatic carbocycles. The zero-order valence-corrected chi connectivity index (χ0v) is 18.4. The molecule has 0 spiro atoms. The number of benzene rings is 2. The molecule has 0 saturated carbocycles. The number of amides is 1. The van der Waals surface area contributed by atoms with Gasteiger partial charge >= 0.3 is 0 Å². The lowest BCUT2D eigenvalue weighted by Crippen LogP contribution is -2.24. The molecule has 0 bridgehead atoms. The summed E-state index contributed by atoms with van der Waals surface area (Å²) in [4.78, 5) is 26.1. The van der Waals surface area contributed by atoms with Gasteiger partial charge in [0, 0.05) is 32.3 Å². The Hall–Kier alpha value is -1.92. The van der Waals surface area contributed by atoms with Gasteiger partial charge in [-0.1, -0.05) is 31.9 Å². The summed E-state index contributed by atoms with van der Waals surface area (Å²) >= 11 is 6.95. The van der Waals surface area contributed by atoms with Crippen LogP contribution in [0.15, 0.2) is 44.2 Å². The normalized spacial score (nSPS) is 15.4. The molecule has 2 heterocycles. The number of pyridine rings is 1. The quantitative estimate of drug-likeness (QED) is 0.515. The van der Waals surface area contributed by atoms with Crippen LogP contribution in [0, 0.1) is 13.8 Å². The summed E-state index contributed by atoms with van der Waals surface area (Å²) in [5.41, 5.74) is 4.63. The second-order valence-corrected chi connectivity index (χ2v) is 8.99. The molecule has 1 aliphatic heterocycles. The van der Waals surface area contributed by atoms with Gasteiger partial charge in [0.1, 0.15) is 5.56 Å². The molecule has 27 heavy (non-hydrogen) atoms. The Kier molecular flexibility index (Phi) is 4.51. The smallest absolute Gasteiger partial charge is 0.261 e. The first-order chi connectivity index (χ1) is 12.8. The highest BCUT2D eigenvalue weighted by molar-refractivity contribution is 9.10. The number of carbonyl (C=O) groups is 1. The number of rotatable bonds is 2. The molecule has 1 N–H and O–H groups in total. The van der Waals surface area contributed by atoms with Crippen molar-refractivity contribution in [2.75, 3.05) is 5.32 Å². The average molecular weight is 490 g/mol. The Morgan fingerprint density at radius 1 is 1.11 bits per heavy atom. The van der Waals surface area contributed by atoms with Crippen molar-refractivity contribution in [3.8, 4) is 0 Å². The molecule has 0 radical (unpaired) electrons. The Bertz CT molecular complexity index is 1160. The van der Waals surface area contributed by atoms with Crippen molar-refractivity contribution in [2.45, 2.75) is 33.2 Å². The van der Waals surface area contributed by atoms with Gasteiger partial charge in [-0.3, -0.25) is 9.59 Å². The SMILES string of the molecule is Cc1cc(Br)cc(C)c1NC(=O)c1cn2c3c(cc(Br)cc3c1=O)C[C@@H]2C. The highest BCUT2D eigenvalue weighted by Gasteiger charge is 2.25. The van der Waals surface area contributed by atoms with Crippen LogP contribution in [-0.2, 0) is 6.42 Å². The van der Waals surface area contributed by atoms with E-state index in [0.29, 0.717) is 5.39 Å². The van der Waals surface area contributed by atoms with E-state index in [0.717, 1.165) is 43.3 Å². The van der Waals surface area contributed by atoms with E-state index in [1.807, 2.05) is 32.0 Å². The molecule has 0 fully saturated rings. The van der Waals surface area contributed by atoms with Crippen LogP contribution in [0.1, 0.15) is 40.0 Å². The van der Waals surface area contributed by atoms with Crippen LogP contribution >= 0.6 is 31.9 Å². The summed E-state index contributed by atoms with van der Waals surface area (Å²) in [5.74, 6) is -0.375. The lowest BCUT2D eigenvalue weighted by Gasteiger charge is -2.15. The van der Waals surface area contributed by atoms with E-state index < -0.39 is 0 Å². The summed E-state index contributed by atoms with van der Waals surface area (Å²) in [5, 5.41) is 3.52. The molecule has 0 saturated heterocycles. The molecule has 4 nitrogen and oxygen atoms in total. The van der Waals surface area contributed by atoms with Crippen LogP contribution in [0.4, 0.5) is 5.69 Å². The number of aromatic nitrogens is 1. The molecule has 1 aromatic heterocycles.